The van der Waals surface area contributed by atoms with Crippen molar-refractivity contribution in [3.63, 3.8) is 0 Å². The molecule has 0 aliphatic heterocycles. The highest BCUT2D eigenvalue weighted by Gasteiger charge is 2.21. The molecule has 0 unspecified atom stereocenters. The standard InChI is InChI=1S/C22H23N3O6S/c1-4-29-21(27)19-16(12-25(24-19)15-9-7-6-8-10-15)31-13-17(26)23-18-11-14(3)20(32-18)22(28)30-5-2/h6-12H,4-5,13H2,1-3H3,(H,23,26). The van der Waals surface area contributed by atoms with E-state index in [0.29, 0.717) is 15.4 Å². The SMILES string of the molecule is CCOC(=O)c1nn(-c2ccccc2)cc1OCC(=O)Nc1cc(C)c(C(=O)OCC)s1. The monoisotopic (exact) mass is 457 g/mol. The largest absolute Gasteiger partial charge is 0.480 e. The molecule has 0 saturated heterocycles. The number of carbonyl (C=O) groups is 3. The molecule has 10 heteroatoms. The van der Waals surface area contributed by atoms with Gasteiger partial charge in [0, 0.05) is 0 Å². The molecular weight excluding hydrogens is 434 g/mol. The molecule has 0 bridgehead atoms. The molecule has 0 aliphatic carbocycles. The number of hydrogen-bond acceptors (Lipinski definition) is 8. The number of carbonyl (C=O) groups excluding carboxylic acids is 3. The summed E-state index contributed by atoms with van der Waals surface area (Å²) >= 11 is 1.12. The molecule has 0 saturated carbocycles. The lowest BCUT2D eigenvalue weighted by Gasteiger charge is -2.06. The minimum atomic E-state index is -0.648. The predicted octanol–water partition coefficient (Wildman–Crippen LogP) is 3.61. The number of hydrogen-bond donors (Lipinski definition) is 1. The van der Waals surface area contributed by atoms with Crippen molar-refractivity contribution < 1.29 is 28.6 Å². The number of nitrogens with one attached hydrogen (secondary N) is 1. The van der Waals surface area contributed by atoms with Crippen LogP contribution >= 0.6 is 11.3 Å². The van der Waals surface area contributed by atoms with Gasteiger partial charge in [0.25, 0.3) is 5.91 Å². The maximum Gasteiger partial charge on any atom is 0.362 e. The second-order valence-corrected chi connectivity index (χ2v) is 7.57. The number of nitrogens with zero attached hydrogens (tertiary/aromatic N) is 2. The number of aromatic nitrogens is 2. The van der Waals surface area contributed by atoms with Crippen molar-refractivity contribution in [1.29, 1.82) is 0 Å². The first-order chi connectivity index (χ1) is 15.4. The zero-order valence-electron chi connectivity index (χ0n) is 17.9. The maximum atomic E-state index is 12.4. The lowest BCUT2D eigenvalue weighted by molar-refractivity contribution is -0.118. The molecule has 1 amide bonds. The van der Waals surface area contributed by atoms with Gasteiger partial charge in [-0.05, 0) is 44.5 Å². The number of anilines is 1. The average Bonchev–Trinajstić information content (AvgIpc) is 3.37. The number of thiophene rings is 1. The van der Waals surface area contributed by atoms with E-state index in [2.05, 4.69) is 10.4 Å². The van der Waals surface area contributed by atoms with Gasteiger partial charge >= 0.3 is 11.9 Å². The topological polar surface area (TPSA) is 109 Å². The van der Waals surface area contributed by atoms with Crippen molar-refractivity contribution in [1.82, 2.24) is 9.78 Å². The minimum Gasteiger partial charge on any atom is -0.480 e. The zero-order chi connectivity index (χ0) is 23.1. The van der Waals surface area contributed by atoms with Crippen LogP contribution in [-0.4, -0.2) is 47.4 Å². The van der Waals surface area contributed by atoms with Crippen molar-refractivity contribution in [2.24, 2.45) is 0 Å². The summed E-state index contributed by atoms with van der Waals surface area (Å²) < 4.78 is 17.1. The van der Waals surface area contributed by atoms with E-state index in [9.17, 15) is 14.4 Å². The van der Waals surface area contributed by atoms with Crippen LogP contribution in [0.2, 0.25) is 0 Å². The molecule has 2 aromatic heterocycles. The van der Waals surface area contributed by atoms with E-state index in [-0.39, 0.29) is 31.3 Å². The molecule has 0 aliphatic rings. The van der Waals surface area contributed by atoms with Crippen LogP contribution in [0.25, 0.3) is 5.69 Å². The summed E-state index contributed by atoms with van der Waals surface area (Å²) in [6.07, 6.45) is 1.52. The fraction of sp³-hybridized carbons (Fsp3) is 0.273. The number of esters is 2. The normalized spacial score (nSPS) is 10.5. The fourth-order valence-electron chi connectivity index (χ4n) is 2.78. The minimum absolute atomic E-state index is 0.0277. The third kappa shape index (κ3) is 5.52. The Labute approximate surface area is 188 Å². The van der Waals surface area contributed by atoms with Crippen molar-refractivity contribution in [2.45, 2.75) is 20.8 Å². The first kappa shape index (κ1) is 23.0. The van der Waals surface area contributed by atoms with Crippen LogP contribution in [0, 0.1) is 6.92 Å². The van der Waals surface area contributed by atoms with Gasteiger partial charge in [0.1, 0.15) is 4.88 Å². The Balaban J connectivity index is 1.71. The van der Waals surface area contributed by atoms with Gasteiger partial charge in [-0.1, -0.05) is 18.2 Å². The molecule has 168 valence electrons. The molecular formula is C22H23N3O6S. The number of amides is 1. The van der Waals surface area contributed by atoms with Crippen LogP contribution in [0.5, 0.6) is 5.75 Å². The summed E-state index contributed by atoms with van der Waals surface area (Å²) in [5.41, 5.74) is 1.40. The molecule has 32 heavy (non-hydrogen) atoms. The van der Waals surface area contributed by atoms with Crippen LogP contribution in [0.15, 0.2) is 42.6 Å². The van der Waals surface area contributed by atoms with Crippen molar-refractivity contribution in [2.75, 3.05) is 25.1 Å². The molecule has 1 aromatic carbocycles. The summed E-state index contributed by atoms with van der Waals surface area (Å²) in [4.78, 5) is 37.1. The second-order valence-electron chi connectivity index (χ2n) is 6.52. The molecule has 0 atom stereocenters. The van der Waals surface area contributed by atoms with Gasteiger partial charge < -0.3 is 19.5 Å². The first-order valence-corrected chi connectivity index (χ1v) is 10.8. The highest BCUT2D eigenvalue weighted by atomic mass is 32.1. The molecule has 0 fully saturated rings. The van der Waals surface area contributed by atoms with Crippen LogP contribution in [0.4, 0.5) is 5.00 Å². The highest BCUT2D eigenvalue weighted by molar-refractivity contribution is 7.18. The quantitative estimate of drug-likeness (QED) is 0.489. The van der Waals surface area contributed by atoms with Gasteiger partial charge in [-0.25, -0.2) is 14.3 Å². The molecule has 3 aromatic rings. The van der Waals surface area contributed by atoms with Crippen molar-refractivity contribution in [3.8, 4) is 11.4 Å². The predicted molar refractivity (Wildman–Crippen MR) is 119 cm³/mol. The number of para-hydroxylation sites is 1. The van der Waals surface area contributed by atoms with E-state index < -0.39 is 17.8 Å². The van der Waals surface area contributed by atoms with Crippen LogP contribution in [0.1, 0.15) is 39.6 Å². The molecule has 0 radical (unpaired) electrons. The van der Waals surface area contributed by atoms with Crippen molar-refractivity contribution in [3.05, 3.63) is 58.7 Å². The summed E-state index contributed by atoms with van der Waals surface area (Å²) in [7, 11) is 0. The number of ether oxygens (including phenoxy) is 3. The van der Waals surface area contributed by atoms with Crippen LogP contribution < -0.4 is 10.1 Å². The van der Waals surface area contributed by atoms with Gasteiger partial charge in [0.2, 0.25) is 5.69 Å². The lowest BCUT2D eigenvalue weighted by atomic mass is 10.3. The van der Waals surface area contributed by atoms with Gasteiger partial charge in [-0.15, -0.1) is 11.3 Å². The fourth-order valence-corrected chi connectivity index (χ4v) is 3.76. The Morgan fingerprint density at radius 1 is 1.06 bits per heavy atom. The van der Waals surface area contributed by atoms with E-state index in [4.69, 9.17) is 14.2 Å². The van der Waals surface area contributed by atoms with Crippen LogP contribution in [-0.2, 0) is 14.3 Å². The molecule has 9 nitrogen and oxygen atoms in total. The van der Waals surface area contributed by atoms with E-state index >= 15 is 0 Å². The van der Waals surface area contributed by atoms with E-state index in [1.54, 1.807) is 26.8 Å². The summed E-state index contributed by atoms with van der Waals surface area (Å²) in [5.74, 6) is -1.41. The summed E-state index contributed by atoms with van der Waals surface area (Å²) in [6, 6.07) is 10.9. The Morgan fingerprint density at radius 3 is 2.44 bits per heavy atom. The highest BCUT2D eigenvalue weighted by Crippen LogP contribution is 2.27. The molecule has 1 N–H and O–H groups in total. The third-order valence-corrected chi connectivity index (χ3v) is 5.30. The zero-order valence-corrected chi connectivity index (χ0v) is 18.7. The van der Waals surface area contributed by atoms with Gasteiger partial charge in [0.05, 0.1) is 30.1 Å². The summed E-state index contributed by atoms with van der Waals surface area (Å²) in [6.45, 7) is 5.26. The maximum absolute atomic E-state index is 12.4. The van der Waals surface area contributed by atoms with Gasteiger partial charge in [-0.3, -0.25) is 4.79 Å². The Hall–Kier alpha value is -3.66. The molecule has 2 heterocycles. The number of rotatable bonds is 9. The molecule has 0 spiro atoms. The smallest absolute Gasteiger partial charge is 0.362 e. The van der Waals surface area contributed by atoms with E-state index in [1.165, 1.54) is 10.9 Å². The Bertz CT molecular complexity index is 1110. The van der Waals surface area contributed by atoms with Gasteiger partial charge in [0.15, 0.2) is 12.4 Å². The Morgan fingerprint density at radius 2 is 1.75 bits per heavy atom. The summed E-state index contributed by atoms with van der Waals surface area (Å²) in [5, 5.41) is 7.43. The second kappa shape index (κ2) is 10.6. The van der Waals surface area contributed by atoms with Crippen LogP contribution in [0.3, 0.4) is 0 Å². The molecule has 3 rings (SSSR count). The third-order valence-electron chi connectivity index (χ3n) is 4.17. The Kier molecular flexibility index (Phi) is 7.61. The lowest BCUT2D eigenvalue weighted by Crippen LogP contribution is -2.20. The van der Waals surface area contributed by atoms with E-state index in [1.807, 2.05) is 30.3 Å². The number of aryl methyl sites for hydroxylation is 1. The van der Waals surface area contributed by atoms with Crippen molar-refractivity contribution >= 4 is 34.2 Å². The number of benzene rings is 1. The van der Waals surface area contributed by atoms with Gasteiger partial charge in [-0.2, -0.15) is 5.10 Å². The average molecular weight is 458 g/mol. The first-order valence-electron chi connectivity index (χ1n) is 9.95. The van der Waals surface area contributed by atoms with E-state index in [0.717, 1.165) is 17.0 Å².